The predicted octanol–water partition coefficient (Wildman–Crippen LogP) is 1.44. The van der Waals surface area contributed by atoms with E-state index in [4.69, 9.17) is 5.11 Å². The molecule has 1 rings (SSSR count). The van der Waals surface area contributed by atoms with Crippen LogP contribution in [0.25, 0.3) is 0 Å². The molecule has 0 heterocycles. The minimum absolute atomic E-state index is 0.0175. The third-order valence-electron chi connectivity index (χ3n) is 1.91. The molecule has 1 aromatic rings. The molecule has 0 unspecified atom stereocenters. The van der Waals surface area contributed by atoms with Crippen molar-refractivity contribution in [2.45, 2.75) is 19.5 Å². The molecule has 78 valence electrons. The number of nitrogens with one attached hydrogen (secondary N) is 1. The first-order chi connectivity index (χ1) is 6.63. The third kappa shape index (κ3) is 3.05. The quantitative estimate of drug-likeness (QED) is 0.772. The lowest BCUT2D eigenvalue weighted by Gasteiger charge is -2.10. The maximum Gasteiger partial charge on any atom is 0.159 e. The van der Waals surface area contributed by atoms with Gasteiger partial charge in [0.1, 0.15) is 0 Å². The molecule has 0 aromatic heterocycles. The summed E-state index contributed by atoms with van der Waals surface area (Å²) in [7, 11) is 0. The Hall–Kier alpha value is -1.00. The van der Waals surface area contributed by atoms with E-state index in [0.717, 1.165) is 12.1 Å². The second-order valence-corrected chi connectivity index (χ2v) is 3.21. The number of aliphatic hydroxyl groups is 1. The van der Waals surface area contributed by atoms with Crippen molar-refractivity contribution in [3.05, 3.63) is 35.4 Å². The topological polar surface area (TPSA) is 32.3 Å². The monoisotopic (exact) mass is 201 g/mol. The Balaban J connectivity index is 2.55. The molecule has 0 spiro atoms. The Labute approximate surface area is 81.6 Å². The van der Waals surface area contributed by atoms with Crippen LogP contribution in [-0.2, 0) is 6.54 Å². The van der Waals surface area contributed by atoms with Gasteiger partial charge < -0.3 is 10.4 Å². The van der Waals surface area contributed by atoms with Crippen LogP contribution in [0.5, 0.6) is 0 Å². The van der Waals surface area contributed by atoms with Gasteiger partial charge in [0.15, 0.2) is 11.6 Å². The van der Waals surface area contributed by atoms with Gasteiger partial charge in [0, 0.05) is 12.6 Å². The lowest BCUT2D eigenvalue weighted by atomic mass is 10.2. The van der Waals surface area contributed by atoms with Crippen molar-refractivity contribution in [1.82, 2.24) is 5.32 Å². The zero-order valence-corrected chi connectivity index (χ0v) is 7.93. The molecule has 0 amide bonds. The van der Waals surface area contributed by atoms with Gasteiger partial charge in [0.05, 0.1) is 6.61 Å². The van der Waals surface area contributed by atoms with Gasteiger partial charge in [-0.3, -0.25) is 0 Å². The molecule has 2 nitrogen and oxygen atoms in total. The van der Waals surface area contributed by atoms with Crippen LogP contribution in [0.1, 0.15) is 12.5 Å². The number of hydrogen-bond donors (Lipinski definition) is 2. The summed E-state index contributed by atoms with van der Waals surface area (Å²) in [5, 5.41) is 11.7. The average Bonchev–Trinajstić information content (AvgIpc) is 2.19. The Morgan fingerprint density at radius 2 is 2.07 bits per heavy atom. The normalized spacial score (nSPS) is 12.9. The Morgan fingerprint density at radius 3 is 2.64 bits per heavy atom. The first kappa shape index (κ1) is 11.1. The van der Waals surface area contributed by atoms with Crippen molar-refractivity contribution < 1.29 is 13.9 Å². The van der Waals surface area contributed by atoms with E-state index in [-0.39, 0.29) is 12.6 Å². The molecule has 14 heavy (non-hydrogen) atoms. The molecule has 1 aromatic carbocycles. The van der Waals surface area contributed by atoms with Crippen LogP contribution in [-0.4, -0.2) is 17.8 Å². The van der Waals surface area contributed by atoms with Crippen LogP contribution in [0.4, 0.5) is 8.78 Å². The van der Waals surface area contributed by atoms with Gasteiger partial charge in [-0.15, -0.1) is 0 Å². The van der Waals surface area contributed by atoms with E-state index < -0.39 is 11.6 Å². The summed E-state index contributed by atoms with van der Waals surface area (Å²) in [5.74, 6) is -1.69. The maximum atomic E-state index is 12.7. The summed E-state index contributed by atoms with van der Waals surface area (Å²) in [5.41, 5.74) is 0.657. The maximum absolute atomic E-state index is 12.7. The van der Waals surface area contributed by atoms with E-state index in [0.29, 0.717) is 12.1 Å². The van der Waals surface area contributed by atoms with Crippen LogP contribution in [0, 0.1) is 11.6 Å². The molecule has 0 saturated carbocycles. The summed E-state index contributed by atoms with van der Waals surface area (Å²) < 4.78 is 25.3. The second kappa shape index (κ2) is 5.02. The molecule has 2 N–H and O–H groups in total. The van der Waals surface area contributed by atoms with Gasteiger partial charge in [-0.05, 0) is 24.6 Å². The standard InChI is InChI=1S/C10H13F2NO/c1-7(6-14)13-5-8-2-3-9(11)10(12)4-8/h2-4,7,13-14H,5-6H2,1H3/t7-/m1/s1. The average molecular weight is 201 g/mol. The first-order valence-corrected chi connectivity index (χ1v) is 4.41. The zero-order chi connectivity index (χ0) is 10.6. The number of halogens is 2. The fourth-order valence-electron chi connectivity index (χ4n) is 1.01. The first-order valence-electron chi connectivity index (χ1n) is 4.41. The Bertz CT molecular complexity index is 304. The molecule has 0 aliphatic heterocycles. The lowest BCUT2D eigenvalue weighted by molar-refractivity contribution is 0.251. The SMILES string of the molecule is C[C@H](CO)NCc1ccc(F)c(F)c1. The van der Waals surface area contributed by atoms with Gasteiger partial charge in [0.2, 0.25) is 0 Å². The highest BCUT2D eigenvalue weighted by molar-refractivity contribution is 5.17. The minimum atomic E-state index is -0.846. The highest BCUT2D eigenvalue weighted by Crippen LogP contribution is 2.08. The van der Waals surface area contributed by atoms with Crippen molar-refractivity contribution >= 4 is 0 Å². The zero-order valence-electron chi connectivity index (χ0n) is 7.93. The second-order valence-electron chi connectivity index (χ2n) is 3.21. The number of hydrogen-bond acceptors (Lipinski definition) is 2. The van der Waals surface area contributed by atoms with E-state index in [1.165, 1.54) is 6.07 Å². The predicted molar refractivity (Wildman–Crippen MR) is 49.7 cm³/mol. The summed E-state index contributed by atoms with van der Waals surface area (Å²) in [6, 6.07) is 3.70. The minimum Gasteiger partial charge on any atom is -0.395 e. The van der Waals surface area contributed by atoms with Crippen LogP contribution in [0.2, 0.25) is 0 Å². The molecule has 4 heteroatoms. The van der Waals surface area contributed by atoms with Crippen molar-refractivity contribution in [2.24, 2.45) is 0 Å². The lowest BCUT2D eigenvalue weighted by Crippen LogP contribution is -2.28. The van der Waals surface area contributed by atoms with Crippen LogP contribution in [0.3, 0.4) is 0 Å². The van der Waals surface area contributed by atoms with Crippen LogP contribution < -0.4 is 5.32 Å². The van der Waals surface area contributed by atoms with Crippen molar-refractivity contribution in [2.75, 3.05) is 6.61 Å². The molecule has 0 saturated heterocycles. The number of rotatable bonds is 4. The third-order valence-corrected chi connectivity index (χ3v) is 1.91. The summed E-state index contributed by atoms with van der Waals surface area (Å²) in [4.78, 5) is 0. The fourth-order valence-corrected chi connectivity index (χ4v) is 1.01. The Kier molecular flexibility index (Phi) is 3.98. The van der Waals surface area contributed by atoms with E-state index in [1.54, 1.807) is 6.92 Å². The van der Waals surface area contributed by atoms with E-state index >= 15 is 0 Å². The number of benzene rings is 1. The summed E-state index contributed by atoms with van der Waals surface area (Å²) in [6.45, 7) is 2.24. The highest BCUT2D eigenvalue weighted by atomic mass is 19.2. The summed E-state index contributed by atoms with van der Waals surface area (Å²) in [6.07, 6.45) is 0. The summed E-state index contributed by atoms with van der Waals surface area (Å²) >= 11 is 0. The molecule has 0 radical (unpaired) electrons. The molecular weight excluding hydrogens is 188 g/mol. The van der Waals surface area contributed by atoms with Crippen LogP contribution >= 0.6 is 0 Å². The van der Waals surface area contributed by atoms with Gasteiger partial charge in [-0.25, -0.2) is 8.78 Å². The molecule has 1 atom stereocenters. The molecule has 0 bridgehead atoms. The van der Waals surface area contributed by atoms with Crippen molar-refractivity contribution in [1.29, 1.82) is 0 Å². The van der Waals surface area contributed by atoms with Crippen LogP contribution in [0.15, 0.2) is 18.2 Å². The number of aliphatic hydroxyl groups excluding tert-OH is 1. The van der Waals surface area contributed by atoms with E-state index in [2.05, 4.69) is 5.32 Å². The highest BCUT2D eigenvalue weighted by Gasteiger charge is 2.03. The van der Waals surface area contributed by atoms with Crippen molar-refractivity contribution in [3.63, 3.8) is 0 Å². The van der Waals surface area contributed by atoms with Gasteiger partial charge in [0.25, 0.3) is 0 Å². The van der Waals surface area contributed by atoms with Gasteiger partial charge in [-0.2, -0.15) is 0 Å². The van der Waals surface area contributed by atoms with Gasteiger partial charge >= 0.3 is 0 Å². The molecule has 0 fully saturated rings. The molecular formula is C10H13F2NO. The fraction of sp³-hybridized carbons (Fsp3) is 0.400. The Morgan fingerprint density at radius 1 is 1.36 bits per heavy atom. The molecule has 0 aliphatic carbocycles. The van der Waals surface area contributed by atoms with E-state index in [9.17, 15) is 8.78 Å². The van der Waals surface area contributed by atoms with Crippen molar-refractivity contribution in [3.8, 4) is 0 Å². The van der Waals surface area contributed by atoms with Gasteiger partial charge in [-0.1, -0.05) is 6.07 Å². The molecule has 0 aliphatic rings. The smallest absolute Gasteiger partial charge is 0.159 e. The largest absolute Gasteiger partial charge is 0.395 e. The van der Waals surface area contributed by atoms with E-state index in [1.807, 2.05) is 0 Å².